The molecule has 0 aliphatic carbocycles. The van der Waals surface area contributed by atoms with Crippen molar-refractivity contribution in [3.05, 3.63) is 52.8 Å². The van der Waals surface area contributed by atoms with Crippen LogP contribution >= 0.6 is 11.6 Å². The predicted molar refractivity (Wildman–Crippen MR) is 128 cm³/mol. The van der Waals surface area contributed by atoms with Gasteiger partial charge in [0.1, 0.15) is 5.15 Å². The molecule has 3 N–H and O–H groups in total. The number of rotatable bonds is 8. The number of benzene rings is 1. The number of hydrogen-bond acceptors (Lipinski definition) is 5. The number of carbonyl (C=O) groups excluding carboxylic acids is 1. The fourth-order valence-electron chi connectivity index (χ4n) is 4.56. The van der Waals surface area contributed by atoms with Crippen LogP contribution in [0.2, 0.25) is 5.15 Å². The highest BCUT2D eigenvalue weighted by molar-refractivity contribution is 6.32. The number of halogens is 1. The zero-order valence-electron chi connectivity index (χ0n) is 19.2. The number of aliphatic hydroxyl groups is 1. The number of methoxy groups -OCH3 is 1. The van der Waals surface area contributed by atoms with E-state index < -0.39 is 11.7 Å². The number of piperidine rings is 1. The molecule has 174 valence electrons. The first-order chi connectivity index (χ1) is 15.4. The van der Waals surface area contributed by atoms with E-state index in [0.717, 1.165) is 42.6 Å². The summed E-state index contributed by atoms with van der Waals surface area (Å²) >= 11 is 6.65. The Bertz CT molecular complexity index is 915. The van der Waals surface area contributed by atoms with Crippen LogP contribution in [0.1, 0.15) is 56.6 Å². The summed E-state index contributed by atoms with van der Waals surface area (Å²) in [5.74, 6) is 0.402. The molecule has 6 nitrogen and oxygen atoms in total. The lowest BCUT2D eigenvalue weighted by Crippen LogP contribution is -2.45. The fraction of sp³-hybridized carbons (Fsp3) is 0.520. The molecule has 32 heavy (non-hydrogen) atoms. The van der Waals surface area contributed by atoms with E-state index in [1.165, 1.54) is 12.7 Å². The molecule has 0 saturated carbocycles. The SMILES string of the molecule is COC(=O)NCCCC(O)(c1ccnc(Cl)c1-c1cccc(C(C)C)c1)[C@@H]1CCCNC1. The van der Waals surface area contributed by atoms with E-state index in [4.69, 9.17) is 11.6 Å². The smallest absolute Gasteiger partial charge is 0.406 e. The topological polar surface area (TPSA) is 83.5 Å². The van der Waals surface area contributed by atoms with Gasteiger partial charge in [-0.1, -0.05) is 49.7 Å². The Morgan fingerprint density at radius 1 is 1.41 bits per heavy atom. The third-order valence-corrected chi connectivity index (χ3v) is 6.66. The zero-order valence-corrected chi connectivity index (χ0v) is 19.9. The molecule has 2 aromatic rings. The van der Waals surface area contributed by atoms with Gasteiger partial charge in [-0.3, -0.25) is 0 Å². The van der Waals surface area contributed by atoms with Crippen LogP contribution in [0, 0.1) is 5.92 Å². The molecule has 1 amide bonds. The van der Waals surface area contributed by atoms with Crippen molar-refractivity contribution in [2.75, 3.05) is 26.7 Å². The molecule has 1 aliphatic heterocycles. The average Bonchev–Trinajstić information content (AvgIpc) is 2.82. The maximum absolute atomic E-state index is 12.2. The minimum absolute atomic E-state index is 0.0277. The first kappa shape index (κ1) is 24.5. The van der Waals surface area contributed by atoms with E-state index in [1.807, 2.05) is 18.2 Å². The van der Waals surface area contributed by atoms with Crippen molar-refractivity contribution in [3.8, 4) is 11.1 Å². The Labute approximate surface area is 195 Å². The van der Waals surface area contributed by atoms with Crippen molar-refractivity contribution >= 4 is 17.7 Å². The fourth-order valence-corrected chi connectivity index (χ4v) is 4.83. The second-order valence-electron chi connectivity index (χ2n) is 8.79. The van der Waals surface area contributed by atoms with Crippen molar-refractivity contribution < 1.29 is 14.6 Å². The maximum Gasteiger partial charge on any atom is 0.406 e. The number of hydrogen-bond donors (Lipinski definition) is 3. The zero-order chi connectivity index (χ0) is 23.1. The van der Waals surface area contributed by atoms with Crippen molar-refractivity contribution in [1.29, 1.82) is 0 Å². The van der Waals surface area contributed by atoms with Crippen molar-refractivity contribution in [2.45, 2.75) is 51.0 Å². The number of aromatic nitrogens is 1. The molecule has 0 bridgehead atoms. The Morgan fingerprint density at radius 2 is 2.22 bits per heavy atom. The number of alkyl carbamates (subject to hydrolysis) is 1. The first-order valence-electron chi connectivity index (χ1n) is 11.4. The van der Waals surface area contributed by atoms with E-state index in [-0.39, 0.29) is 5.92 Å². The monoisotopic (exact) mass is 459 g/mol. The van der Waals surface area contributed by atoms with Gasteiger partial charge in [0, 0.05) is 30.8 Å². The Balaban J connectivity index is 2.01. The lowest BCUT2D eigenvalue weighted by molar-refractivity contribution is -0.0416. The summed E-state index contributed by atoms with van der Waals surface area (Å²) in [6, 6.07) is 10.2. The molecule has 1 saturated heterocycles. The van der Waals surface area contributed by atoms with Gasteiger partial charge in [0.05, 0.1) is 12.7 Å². The Hall–Kier alpha value is -2.15. The van der Waals surface area contributed by atoms with Gasteiger partial charge in [0.25, 0.3) is 0 Å². The molecule has 1 aromatic carbocycles. The van der Waals surface area contributed by atoms with Crippen LogP contribution in [-0.4, -0.2) is 42.9 Å². The lowest BCUT2D eigenvalue weighted by Gasteiger charge is -2.40. The molecule has 1 aromatic heterocycles. The van der Waals surface area contributed by atoms with Crippen LogP contribution in [0.4, 0.5) is 4.79 Å². The maximum atomic E-state index is 12.2. The molecule has 1 unspecified atom stereocenters. The quantitative estimate of drug-likeness (QED) is 0.388. The Kier molecular flexibility index (Phi) is 8.51. The van der Waals surface area contributed by atoms with Crippen LogP contribution < -0.4 is 10.6 Å². The molecule has 1 aliphatic rings. The van der Waals surface area contributed by atoms with E-state index in [0.29, 0.717) is 30.5 Å². The van der Waals surface area contributed by atoms with Crippen LogP contribution in [0.15, 0.2) is 36.5 Å². The number of amides is 1. The van der Waals surface area contributed by atoms with Gasteiger partial charge in [0.2, 0.25) is 0 Å². The third kappa shape index (κ3) is 5.61. The molecule has 7 heteroatoms. The average molecular weight is 460 g/mol. The largest absolute Gasteiger partial charge is 0.453 e. The van der Waals surface area contributed by atoms with E-state index in [1.54, 1.807) is 6.20 Å². The minimum atomic E-state index is -1.11. The number of nitrogens with one attached hydrogen (secondary N) is 2. The van der Waals surface area contributed by atoms with Gasteiger partial charge in [-0.25, -0.2) is 9.78 Å². The van der Waals surface area contributed by atoms with Crippen LogP contribution in [0.25, 0.3) is 11.1 Å². The summed E-state index contributed by atoms with van der Waals surface area (Å²) in [7, 11) is 1.34. The van der Waals surface area contributed by atoms with Crippen LogP contribution in [-0.2, 0) is 10.3 Å². The lowest BCUT2D eigenvalue weighted by atomic mass is 9.73. The van der Waals surface area contributed by atoms with E-state index >= 15 is 0 Å². The van der Waals surface area contributed by atoms with Crippen molar-refractivity contribution in [3.63, 3.8) is 0 Å². The summed E-state index contributed by atoms with van der Waals surface area (Å²) in [5, 5.41) is 18.7. The summed E-state index contributed by atoms with van der Waals surface area (Å²) in [5.41, 5.74) is 2.63. The van der Waals surface area contributed by atoms with Gasteiger partial charge in [-0.05, 0) is 60.9 Å². The number of pyridine rings is 1. The summed E-state index contributed by atoms with van der Waals surface area (Å²) < 4.78 is 4.66. The standard InChI is InChI=1S/C25H34ClN3O3/c1-17(2)18-7-4-8-19(15-18)22-21(10-14-28-23(22)26)25(31,20-9-5-12-27-16-20)11-6-13-29-24(30)32-3/h4,7-8,10,14-15,17,20,27,31H,5-6,9,11-13,16H2,1-3H3,(H,29,30)/t20-,25?/m1/s1. The first-order valence-corrected chi connectivity index (χ1v) is 11.7. The highest BCUT2D eigenvalue weighted by Crippen LogP contribution is 2.44. The molecule has 2 heterocycles. The minimum Gasteiger partial charge on any atom is -0.453 e. The van der Waals surface area contributed by atoms with Crippen molar-refractivity contribution in [2.24, 2.45) is 5.92 Å². The van der Waals surface area contributed by atoms with Crippen molar-refractivity contribution in [1.82, 2.24) is 15.6 Å². The number of nitrogens with zero attached hydrogens (tertiary/aromatic N) is 1. The van der Waals surface area contributed by atoms with Gasteiger partial charge in [-0.15, -0.1) is 0 Å². The van der Waals surface area contributed by atoms with E-state index in [9.17, 15) is 9.90 Å². The number of carbonyl (C=O) groups is 1. The highest BCUT2D eigenvalue weighted by atomic mass is 35.5. The van der Waals surface area contributed by atoms with Crippen LogP contribution in [0.5, 0.6) is 0 Å². The van der Waals surface area contributed by atoms with E-state index in [2.05, 4.69) is 46.3 Å². The van der Waals surface area contributed by atoms with Gasteiger partial charge in [-0.2, -0.15) is 0 Å². The summed E-state index contributed by atoms with van der Waals surface area (Å²) in [6.07, 6.45) is 4.21. The molecule has 3 rings (SSSR count). The second kappa shape index (κ2) is 11.1. The normalized spacial score (nSPS) is 18.2. The molecular weight excluding hydrogens is 426 g/mol. The third-order valence-electron chi connectivity index (χ3n) is 6.37. The van der Waals surface area contributed by atoms with Gasteiger partial charge >= 0.3 is 6.09 Å². The molecular formula is C25H34ClN3O3. The summed E-state index contributed by atoms with van der Waals surface area (Å²) in [4.78, 5) is 15.8. The predicted octanol–water partition coefficient (Wildman–Crippen LogP) is 4.85. The number of ether oxygens (including phenoxy) is 1. The molecule has 1 fully saturated rings. The van der Waals surface area contributed by atoms with Gasteiger partial charge < -0.3 is 20.5 Å². The van der Waals surface area contributed by atoms with Crippen LogP contribution in [0.3, 0.4) is 0 Å². The highest BCUT2D eigenvalue weighted by Gasteiger charge is 2.41. The molecule has 0 radical (unpaired) electrons. The van der Waals surface area contributed by atoms with Gasteiger partial charge in [0.15, 0.2) is 0 Å². The Morgan fingerprint density at radius 3 is 2.91 bits per heavy atom. The summed E-state index contributed by atoms with van der Waals surface area (Å²) in [6.45, 7) is 6.42. The molecule has 2 atom stereocenters. The molecule has 0 spiro atoms. The second-order valence-corrected chi connectivity index (χ2v) is 9.15.